The fraction of sp³-hybridized carbons (Fsp3) is 0.536. The van der Waals surface area contributed by atoms with Crippen LogP contribution in [-0.4, -0.2) is 144 Å². The molecule has 3 N–H and O–H groups in total. The molecule has 0 aliphatic carbocycles. The van der Waals surface area contributed by atoms with Crippen molar-refractivity contribution in [2.75, 3.05) is 106 Å². The molecule has 0 radical (unpaired) electrons. The number of urea groups is 1. The number of carbonyl (C=O) groups is 2. The number of unbranched alkanes of at least 4 members (excludes halogenated alkanes) is 2. The monoisotopic (exact) mass is 1190 g/mol. The van der Waals surface area contributed by atoms with Gasteiger partial charge in [0.1, 0.15) is 5.78 Å². The third kappa shape index (κ3) is 22.6. The molecule has 2 amide bonds. The first-order valence-corrected chi connectivity index (χ1v) is 31.0. The molecule has 0 fully saturated rings. The molecule has 6 rings (SSSR count). The average Bonchev–Trinajstić information content (AvgIpc) is 3.41. The van der Waals surface area contributed by atoms with Gasteiger partial charge in [0.25, 0.3) is 0 Å². The number of nitrogens with zero attached hydrogens (tertiary/aromatic N) is 2. The molecule has 0 saturated heterocycles. The Hall–Kier alpha value is -3.40. The molecule has 0 aromatic heterocycles. The fourth-order valence-corrected chi connectivity index (χ4v) is 12.4. The zero-order chi connectivity index (χ0) is 56.4. The zero-order valence-corrected chi connectivity index (χ0v) is 50.1. The van der Waals surface area contributed by atoms with Gasteiger partial charge in [0.05, 0.1) is 55.2 Å². The Labute approximate surface area is 478 Å². The van der Waals surface area contributed by atoms with Gasteiger partial charge < -0.3 is 39.4 Å². The molecule has 4 aromatic carbocycles. The highest BCUT2D eigenvalue weighted by molar-refractivity contribution is 7.91. The molecule has 0 spiro atoms. The first kappa shape index (κ1) is 66.1. The molecule has 21 heteroatoms. The molecule has 15 nitrogen and oxygen atoms in total. The highest BCUT2D eigenvalue weighted by atomic mass is 35.5. The molecule has 2 aliphatic heterocycles. The molecule has 2 atom stereocenters. The van der Waals surface area contributed by atoms with E-state index in [1.807, 2.05) is 58.3 Å². The van der Waals surface area contributed by atoms with Crippen molar-refractivity contribution < 1.29 is 45.4 Å². The van der Waals surface area contributed by atoms with Crippen molar-refractivity contribution in [2.45, 2.75) is 100 Å². The number of rotatable bonds is 28. The van der Waals surface area contributed by atoms with Gasteiger partial charge in [-0.25, -0.2) is 26.4 Å². The molecule has 4 aromatic rings. The summed E-state index contributed by atoms with van der Waals surface area (Å²) in [5.74, 6) is 0.391. The molecular weight excluding hydrogens is 1110 g/mol. The maximum atomic E-state index is 12.9. The lowest BCUT2D eigenvalue weighted by Crippen LogP contribution is -2.37. The predicted molar refractivity (Wildman–Crippen MR) is 309 cm³/mol. The second-order valence-electron chi connectivity index (χ2n) is 19.0. The molecule has 2 unspecified atom stereocenters. The minimum Gasteiger partial charge on any atom is -0.382 e. The molecule has 2 aliphatic rings. The van der Waals surface area contributed by atoms with Crippen LogP contribution in [0.15, 0.2) is 82.6 Å². The standard InChI is InChI=1S/C26H34Cl2N2O5S.C19H21Cl2NO2S.C11H24N2O3/c1-3-21(31)7-5-10-34-12-13-35-11-9-29-36(32,33)22-8-4-6-19(14-22)24-17-30(2)18-25-23(24)15-20(27)16-26(25)28;1-3-7-25(23,24)15-6-4-5-13(8-15)17-11-22(2)12-18-16(17)9-14(20)10-19(18)21;1-3-4-5-6-12-11(14)13-7-8-16-10-9-15-2/h4,6,8,14-16,24,29H,3,5,7,9-13,17-18H2,1-2H3;4-6,8-10,17H,3,7,11-12H2,1-2H3;3-10H2,1-2H3,(H2,12,13,14). The normalized spacial score (nSPS) is 15.6. The number of fused-ring (bicyclic) bond motifs is 2. The number of likely N-dealkylation sites (N-methyl/N-ethyl adjacent to an activating group) is 2. The predicted octanol–water partition coefficient (Wildman–Crippen LogP) is 10.5. The van der Waals surface area contributed by atoms with Crippen LogP contribution in [0.4, 0.5) is 4.79 Å². The van der Waals surface area contributed by atoms with Crippen molar-refractivity contribution in [2.24, 2.45) is 0 Å². The Morgan fingerprint density at radius 2 is 1.13 bits per heavy atom. The van der Waals surface area contributed by atoms with Gasteiger partial charge in [-0.1, -0.05) is 104 Å². The Balaban J connectivity index is 0.000000271. The minimum absolute atomic E-state index is 0.0433. The Bertz CT molecular complexity index is 2700. The number of ketones is 1. The van der Waals surface area contributed by atoms with Crippen molar-refractivity contribution in [1.82, 2.24) is 25.2 Å². The Morgan fingerprint density at radius 3 is 1.68 bits per heavy atom. The highest BCUT2D eigenvalue weighted by Crippen LogP contribution is 2.40. The van der Waals surface area contributed by atoms with Crippen LogP contribution in [0.2, 0.25) is 20.1 Å². The van der Waals surface area contributed by atoms with Gasteiger partial charge in [0.2, 0.25) is 10.0 Å². The number of sulfone groups is 1. The van der Waals surface area contributed by atoms with Gasteiger partial charge in [0, 0.05) is 104 Å². The van der Waals surface area contributed by atoms with E-state index in [0.717, 1.165) is 78.8 Å². The second-order valence-corrected chi connectivity index (χ2v) is 24.5. The number of methoxy groups -OCH3 is 1. The number of sulfonamides is 1. The summed E-state index contributed by atoms with van der Waals surface area (Å²) in [6.45, 7) is 13.5. The number of hydrogen-bond acceptors (Lipinski definition) is 12. The number of hydrogen-bond donors (Lipinski definition) is 3. The van der Waals surface area contributed by atoms with Crippen LogP contribution >= 0.6 is 46.4 Å². The summed E-state index contributed by atoms with van der Waals surface area (Å²) in [4.78, 5) is 27.4. The number of nitrogens with one attached hydrogen (secondary N) is 3. The van der Waals surface area contributed by atoms with Gasteiger partial charge in [-0.05, 0) is 115 Å². The summed E-state index contributed by atoms with van der Waals surface area (Å²) in [6, 6.07) is 21.5. The molecule has 428 valence electrons. The van der Waals surface area contributed by atoms with E-state index in [2.05, 4.69) is 32.1 Å². The van der Waals surface area contributed by atoms with Crippen LogP contribution in [0.5, 0.6) is 0 Å². The topological polar surface area (TPSA) is 182 Å². The van der Waals surface area contributed by atoms with Gasteiger partial charge >= 0.3 is 6.03 Å². The minimum atomic E-state index is -3.70. The first-order chi connectivity index (χ1) is 36.8. The lowest BCUT2D eigenvalue weighted by molar-refractivity contribution is -0.119. The Kier molecular flexibility index (Phi) is 29.8. The van der Waals surface area contributed by atoms with Crippen molar-refractivity contribution in [3.63, 3.8) is 0 Å². The number of Topliss-reactive ketones (excluding diaryl/α,β-unsaturated/α-hetero) is 1. The first-order valence-electron chi connectivity index (χ1n) is 26.3. The second kappa shape index (κ2) is 34.7. The van der Waals surface area contributed by atoms with E-state index in [9.17, 15) is 26.4 Å². The maximum Gasteiger partial charge on any atom is 0.314 e. The van der Waals surface area contributed by atoms with Crippen molar-refractivity contribution in [1.29, 1.82) is 0 Å². The molecular formula is C56H79Cl4N5O10S2. The number of carbonyl (C=O) groups excluding carboxylic acids is 2. The third-order valence-electron chi connectivity index (χ3n) is 12.7. The van der Waals surface area contributed by atoms with E-state index in [1.165, 1.54) is 0 Å². The van der Waals surface area contributed by atoms with Crippen LogP contribution in [0.1, 0.15) is 111 Å². The summed E-state index contributed by atoms with van der Waals surface area (Å²) in [6.07, 6.45) is 5.75. The molecule has 77 heavy (non-hydrogen) atoms. The van der Waals surface area contributed by atoms with Crippen LogP contribution in [-0.2, 0) is 56.7 Å². The van der Waals surface area contributed by atoms with Crippen LogP contribution in [0.3, 0.4) is 0 Å². The largest absolute Gasteiger partial charge is 0.382 e. The highest BCUT2D eigenvalue weighted by Gasteiger charge is 2.30. The van der Waals surface area contributed by atoms with Crippen LogP contribution < -0.4 is 15.4 Å². The molecule has 0 saturated carbocycles. The number of benzene rings is 4. The van der Waals surface area contributed by atoms with Crippen molar-refractivity contribution in [3.05, 3.63) is 126 Å². The zero-order valence-electron chi connectivity index (χ0n) is 45.4. The maximum absolute atomic E-state index is 12.9. The smallest absolute Gasteiger partial charge is 0.314 e. The van der Waals surface area contributed by atoms with E-state index >= 15 is 0 Å². The van der Waals surface area contributed by atoms with Gasteiger partial charge in [0.15, 0.2) is 9.84 Å². The van der Waals surface area contributed by atoms with Crippen molar-refractivity contribution in [3.8, 4) is 0 Å². The summed E-state index contributed by atoms with van der Waals surface area (Å²) in [5, 5.41) is 7.96. The summed E-state index contributed by atoms with van der Waals surface area (Å²) < 4.78 is 74.2. The molecule has 0 bridgehead atoms. The third-order valence-corrected chi connectivity index (χ3v) is 17.2. The van der Waals surface area contributed by atoms with Gasteiger partial charge in [-0.2, -0.15) is 0 Å². The van der Waals surface area contributed by atoms with E-state index in [-0.39, 0.29) is 47.5 Å². The number of halogens is 4. The van der Waals surface area contributed by atoms with Crippen LogP contribution in [0.25, 0.3) is 0 Å². The van der Waals surface area contributed by atoms with E-state index in [0.29, 0.717) is 103 Å². The molecule has 2 heterocycles. The lowest BCUT2D eigenvalue weighted by Gasteiger charge is -2.33. The summed E-state index contributed by atoms with van der Waals surface area (Å²) in [7, 11) is -1.26. The SMILES string of the molecule is CCC(=O)CCCOCCOCCNS(=O)(=O)c1cccc(C2CN(C)Cc3c(Cl)cc(Cl)cc32)c1.CCCCCNC(=O)NCCOCCOC.CCCS(=O)(=O)c1cccc(C2CN(C)Cc3c(Cl)cc(Cl)cc32)c1. The number of amides is 2. The summed E-state index contributed by atoms with van der Waals surface area (Å²) >= 11 is 25.4. The van der Waals surface area contributed by atoms with Gasteiger partial charge in [-0.3, -0.25) is 4.79 Å². The Morgan fingerprint density at radius 1 is 0.610 bits per heavy atom. The summed E-state index contributed by atoms with van der Waals surface area (Å²) in [5.41, 5.74) is 6.05. The van der Waals surface area contributed by atoms with Crippen LogP contribution in [0, 0.1) is 0 Å². The van der Waals surface area contributed by atoms with E-state index in [4.69, 9.17) is 65.4 Å². The quantitative estimate of drug-likeness (QED) is 0.0459. The van der Waals surface area contributed by atoms with E-state index < -0.39 is 19.9 Å². The number of ether oxygens (including phenoxy) is 4. The average molecular weight is 1190 g/mol. The van der Waals surface area contributed by atoms with Crippen molar-refractivity contribution >= 4 is 78.1 Å². The van der Waals surface area contributed by atoms with E-state index in [1.54, 1.807) is 49.6 Å². The van der Waals surface area contributed by atoms with Gasteiger partial charge in [-0.15, -0.1) is 0 Å². The fourth-order valence-electron chi connectivity index (χ4n) is 8.79. The lowest BCUT2D eigenvalue weighted by atomic mass is 9.85.